The lowest BCUT2D eigenvalue weighted by Gasteiger charge is -2.09. The molecular formula is C18H35NO2. The number of unbranched alkanes of at least 4 members (excludes halogenated alkanes) is 11. The molecule has 0 radical (unpaired) electrons. The van der Waals surface area contributed by atoms with Crippen LogP contribution in [-0.2, 0) is 9.53 Å². The third-order valence-corrected chi connectivity index (χ3v) is 3.85. The number of aliphatic imine (C=N–C) groups is 1. The normalized spacial score (nSPS) is 12.1. The Bertz CT molecular complexity index is 250. The molecular weight excluding hydrogens is 262 g/mol. The van der Waals surface area contributed by atoms with Crippen LogP contribution in [0.1, 0.15) is 97.3 Å². The molecule has 3 heteroatoms. The molecule has 0 aromatic carbocycles. The van der Waals surface area contributed by atoms with Gasteiger partial charge in [0.15, 0.2) is 6.23 Å². The summed E-state index contributed by atoms with van der Waals surface area (Å²) in [7, 11) is 0. The molecule has 0 heterocycles. The minimum absolute atomic E-state index is 0.282. The molecule has 0 bridgehead atoms. The number of nitrogens with zero attached hydrogens (tertiary/aromatic N) is 1. The summed E-state index contributed by atoms with van der Waals surface area (Å²) >= 11 is 0. The first-order valence-corrected chi connectivity index (χ1v) is 9.03. The molecule has 0 aliphatic rings. The van der Waals surface area contributed by atoms with Crippen molar-refractivity contribution in [2.24, 2.45) is 4.99 Å². The summed E-state index contributed by atoms with van der Waals surface area (Å²) < 4.78 is 5.49. The van der Waals surface area contributed by atoms with Gasteiger partial charge in [-0.3, -0.25) is 0 Å². The maximum atomic E-state index is 10.1. The van der Waals surface area contributed by atoms with Crippen molar-refractivity contribution in [1.82, 2.24) is 0 Å². The minimum Gasteiger partial charge on any atom is -0.356 e. The number of isocyanates is 1. The van der Waals surface area contributed by atoms with Crippen molar-refractivity contribution in [3.8, 4) is 0 Å². The quantitative estimate of drug-likeness (QED) is 0.206. The topological polar surface area (TPSA) is 38.7 Å². The molecule has 124 valence electrons. The molecule has 0 aromatic rings. The number of hydrogen-bond donors (Lipinski definition) is 0. The fraction of sp³-hybridized carbons (Fsp3) is 0.944. The van der Waals surface area contributed by atoms with Crippen LogP contribution < -0.4 is 0 Å². The molecule has 3 nitrogen and oxygen atoms in total. The van der Waals surface area contributed by atoms with Gasteiger partial charge in [0, 0.05) is 6.61 Å². The lowest BCUT2D eigenvalue weighted by Crippen LogP contribution is -2.09. The van der Waals surface area contributed by atoms with Gasteiger partial charge in [0.1, 0.15) is 0 Å². The minimum atomic E-state index is -0.282. The van der Waals surface area contributed by atoms with E-state index in [4.69, 9.17) is 4.74 Å². The zero-order valence-electron chi connectivity index (χ0n) is 14.2. The Morgan fingerprint density at radius 3 is 1.71 bits per heavy atom. The second kappa shape index (κ2) is 17.4. The van der Waals surface area contributed by atoms with Gasteiger partial charge >= 0.3 is 0 Å². The van der Waals surface area contributed by atoms with E-state index in [2.05, 4.69) is 11.9 Å². The van der Waals surface area contributed by atoms with Gasteiger partial charge in [-0.05, 0) is 12.8 Å². The zero-order chi connectivity index (χ0) is 15.6. The van der Waals surface area contributed by atoms with Crippen LogP contribution >= 0.6 is 0 Å². The lowest BCUT2D eigenvalue weighted by molar-refractivity contribution is 0.0543. The molecule has 0 aliphatic heterocycles. The SMILES string of the molecule is CCCCCCCCCCCCCCOC(CC)N=C=O. The smallest absolute Gasteiger partial charge is 0.237 e. The van der Waals surface area contributed by atoms with Gasteiger partial charge < -0.3 is 4.74 Å². The average molecular weight is 297 g/mol. The van der Waals surface area contributed by atoms with Crippen molar-refractivity contribution in [2.45, 2.75) is 104 Å². The third-order valence-electron chi connectivity index (χ3n) is 3.85. The van der Waals surface area contributed by atoms with Gasteiger partial charge in [-0.1, -0.05) is 84.5 Å². The maximum Gasteiger partial charge on any atom is 0.237 e. The molecule has 21 heavy (non-hydrogen) atoms. The highest BCUT2D eigenvalue weighted by atomic mass is 16.5. The molecule has 0 aromatic heterocycles. The summed E-state index contributed by atoms with van der Waals surface area (Å²) in [4.78, 5) is 13.7. The first-order valence-electron chi connectivity index (χ1n) is 9.03. The first-order chi connectivity index (χ1) is 10.3. The number of hydrogen-bond acceptors (Lipinski definition) is 3. The Morgan fingerprint density at radius 1 is 0.810 bits per heavy atom. The molecule has 0 spiro atoms. The van der Waals surface area contributed by atoms with E-state index in [1.165, 1.54) is 70.6 Å². The van der Waals surface area contributed by atoms with Crippen LogP contribution in [0.25, 0.3) is 0 Å². The predicted octanol–water partition coefficient (Wildman–Crippen LogP) is 5.78. The van der Waals surface area contributed by atoms with Gasteiger partial charge in [0.2, 0.25) is 6.08 Å². The molecule has 0 saturated carbocycles. The number of rotatable bonds is 16. The molecule has 0 rings (SSSR count). The standard InChI is InChI=1S/C18H35NO2/c1-3-5-6-7-8-9-10-11-12-13-14-15-16-21-18(4-2)19-17-20/h18H,3-16H2,1-2H3. The highest BCUT2D eigenvalue weighted by molar-refractivity contribution is 5.33. The van der Waals surface area contributed by atoms with Crippen LogP contribution in [0, 0.1) is 0 Å². The van der Waals surface area contributed by atoms with Crippen LogP contribution in [0.3, 0.4) is 0 Å². The molecule has 0 N–H and O–H groups in total. The number of ether oxygens (including phenoxy) is 1. The molecule has 0 aliphatic carbocycles. The van der Waals surface area contributed by atoms with E-state index in [0.29, 0.717) is 6.61 Å². The van der Waals surface area contributed by atoms with Gasteiger partial charge in [0.05, 0.1) is 0 Å². The van der Waals surface area contributed by atoms with Gasteiger partial charge in [-0.2, -0.15) is 4.99 Å². The molecule has 0 amide bonds. The Labute approximate surface area is 131 Å². The van der Waals surface area contributed by atoms with Crippen molar-refractivity contribution < 1.29 is 9.53 Å². The average Bonchev–Trinajstić information content (AvgIpc) is 2.50. The first kappa shape index (κ1) is 20.3. The van der Waals surface area contributed by atoms with E-state index < -0.39 is 0 Å². The number of carbonyl (C=O) groups excluding carboxylic acids is 1. The van der Waals surface area contributed by atoms with Crippen LogP contribution in [0.15, 0.2) is 4.99 Å². The van der Waals surface area contributed by atoms with Crippen molar-refractivity contribution in [3.63, 3.8) is 0 Å². The summed E-state index contributed by atoms with van der Waals surface area (Å²) in [6.07, 6.45) is 18.2. The fourth-order valence-electron chi connectivity index (χ4n) is 2.47. The molecule has 1 atom stereocenters. The monoisotopic (exact) mass is 297 g/mol. The lowest BCUT2D eigenvalue weighted by atomic mass is 10.1. The van der Waals surface area contributed by atoms with Gasteiger partial charge in [0.25, 0.3) is 0 Å². The highest BCUT2D eigenvalue weighted by Gasteiger charge is 2.02. The molecule has 0 fully saturated rings. The van der Waals surface area contributed by atoms with E-state index in [1.54, 1.807) is 6.08 Å². The van der Waals surface area contributed by atoms with Gasteiger partial charge in [-0.25, -0.2) is 4.79 Å². The predicted molar refractivity (Wildman–Crippen MR) is 89.2 cm³/mol. The van der Waals surface area contributed by atoms with Crippen molar-refractivity contribution >= 4 is 6.08 Å². The second-order valence-electron chi connectivity index (χ2n) is 5.84. The Morgan fingerprint density at radius 2 is 1.29 bits per heavy atom. The van der Waals surface area contributed by atoms with Crippen LogP contribution in [0.5, 0.6) is 0 Å². The molecule has 1 unspecified atom stereocenters. The Balaban J connectivity index is 3.13. The van der Waals surface area contributed by atoms with Crippen LogP contribution in [0.4, 0.5) is 0 Å². The highest BCUT2D eigenvalue weighted by Crippen LogP contribution is 2.12. The summed E-state index contributed by atoms with van der Waals surface area (Å²) in [5, 5.41) is 0. The summed E-state index contributed by atoms with van der Waals surface area (Å²) in [6, 6.07) is 0. The summed E-state index contributed by atoms with van der Waals surface area (Å²) in [5.41, 5.74) is 0. The largest absolute Gasteiger partial charge is 0.356 e. The van der Waals surface area contributed by atoms with E-state index in [-0.39, 0.29) is 6.23 Å². The van der Waals surface area contributed by atoms with E-state index in [1.807, 2.05) is 6.92 Å². The van der Waals surface area contributed by atoms with E-state index in [9.17, 15) is 4.79 Å². The van der Waals surface area contributed by atoms with Crippen LogP contribution in [0.2, 0.25) is 0 Å². The Hall–Kier alpha value is -0.660. The van der Waals surface area contributed by atoms with Crippen molar-refractivity contribution in [2.75, 3.05) is 6.61 Å². The van der Waals surface area contributed by atoms with Crippen LogP contribution in [-0.4, -0.2) is 18.9 Å². The Kier molecular flexibility index (Phi) is 16.8. The molecule has 0 saturated heterocycles. The summed E-state index contributed by atoms with van der Waals surface area (Å²) in [5.74, 6) is 0. The fourth-order valence-corrected chi connectivity index (χ4v) is 2.47. The zero-order valence-corrected chi connectivity index (χ0v) is 14.2. The van der Waals surface area contributed by atoms with Crippen molar-refractivity contribution in [3.05, 3.63) is 0 Å². The van der Waals surface area contributed by atoms with Crippen molar-refractivity contribution in [1.29, 1.82) is 0 Å². The van der Waals surface area contributed by atoms with Gasteiger partial charge in [-0.15, -0.1) is 0 Å². The summed E-state index contributed by atoms with van der Waals surface area (Å²) in [6.45, 7) is 4.94. The van der Waals surface area contributed by atoms with E-state index >= 15 is 0 Å². The second-order valence-corrected chi connectivity index (χ2v) is 5.84. The maximum absolute atomic E-state index is 10.1. The third kappa shape index (κ3) is 15.5. The van der Waals surface area contributed by atoms with E-state index in [0.717, 1.165) is 12.8 Å².